The molecule has 0 aromatic carbocycles. The lowest BCUT2D eigenvalue weighted by molar-refractivity contribution is -0.134. The number of carboxylic acids is 2. The Hall–Kier alpha value is -1.80. The van der Waals surface area contributed by atoms with Crippen LogP contribution < -0.4 is 5.32 Å². The van der Waals surface area contributed by atoms with Gasteiger partial charge in [0.1, 0.15) is 0 Å². The van der Waals surface area contributed by atoms with Crippen LogP contribution in [0.5, 0.6) is 0 Å². The average Bonchev–Trinajstić information content (AvgIpc) is 3.22. The monoisotopic (exact) mass is 353 g/mol. The smallest absolute Gasteiger partial charge is 0.328 e. The molecule has 8 heteroatoms. The first-order valence-electron chi connectivity index (χ1n) is 8.07. The van der Waals surface area contributed by atoms with E-state index in [0.29, 0.717) is 17.4 Å². The molecule has 3 rings (SSSR count). The fourth-order valence-electron chi connectivity index (χ4n) is 2.89. The highest BCUT2D eigenvalue weighted by Gasteiger charge is 2.24. The average molecular weight is 353 g/mol. The summed E-state index contributed by atoms with van der Waals surface area (Å²) >= 11 is 2.05. The van der Waals surface area contributed by atoms with Crippen molar-refractivity contribution in [3.8, 4) is 0 Å². The van der Waals surface area contributed by atoms with Crippen molar-refractivity contribution in [2.24, 2.45) is 0 Å². The zero-order valence-corrected chi connectivity index (χ0v) is 14.2. The highest BCUT2D eigenvalue weighted by Crippen LogP contribution is 2.34. The third-order valence-corrected chi connectivity index (χ3v) is 5.28. The topological polar surface area (TPSA) is 115 Å². The minimum Gasteiger partial charge on any atom is -0.478 e. The predicted molar refractivity (Wildman–Crippen MR) is 92.2 cm³/mol. The molecular weight excluding hydrogens is 330 g/mol. The summed E-state index contributed by atoms with van der Waals surface area (Å²) in [6.45, 7) is 1.09. The number of hydrogen-bond acceptors (Lipinski definition) is 5. The van der Waals surface area contributed by atoms with Gasteiger partial charge in [0.2, 0.25) is 0 Å². The third-order valence-electron chi connectivity index (χ3n) is 4.04. The Morgan fingerprint density at radius 3 is 2.58 bits per heavy atom. The second-order valence-corrected chi connectivity index (χ2v) is 7.09. The number of aromatic amines is 1. The summed E-state index contributed by atoms with van der Waals surface area (Å²) < 4.78 is 0. The summed E-state index contributed by atoms with van der Waals surface area (Å²) in [6, 6.07) is 0.768. The maximum absolute atomic E-state index is 9.55. The number of nitrogens with zero attached hydrogens (tertiary/aromatic N) is 1. The molecule has 24 heavy (non-hydrogen) atoms. The molecule has 1 atom stereocenters. The van der Waals surface area contributed by atoms with Crippen molar-refractivity contribution in [1.82, 2.24) is 15.3 Å². The minimum absolute atomic E-state index is 0.558. The quantitative estimate of drug-likeness (QED) is 0.598. The number of fused-ring (bicyclic) bond motifs is 1. The number of hydrogen-bond donors (Lipinski definition) is 4. The van der Waals surface area contributed by atoms with E-state index in [2.05, 4.69) is 15.3 Å². The first kappa shape index (κ1) is 18.5. The number of H-pyrrole nitrogens is 1. The largest absolute Gasteiger partial charge is 0.478 e. The van der Waals surface area contributed by atoms with E-state index in [1.54, 1.807) is 0 Å². The van der Waals surface area contributed by atoms with Crippen LogP contribution in [0.3, 0.4) is 0 Å². The number of carbonyl (C=O) groups is 2. The maximum Gasteiger partial charge on any atom is 0.328 e. The molecular formula is C16H23N3O4S. The van der Waals surface area contributed by atoms with E-state index in [4.69, 9.17) is 10.2 Å². The van der Waals surface area contributed by atoms with E-state index in [0.717, 1.165) is 19.0 Å². The van der Waals surface area contributed by atoms with Gasteiger partial charge in [-0.2, -0.15) is 11.8 Å². The lowest BCUT2D eigenvalue weighted by Gasteiger charge is -2.23. The van der Waals surface area contributed by atoms with Gasteiger partial charge in [-0.25, -0.2) is 14.6 Å². The number of aromatic nitrogens is 2. The van der Waals surface area contributed by atoms with E-state index in [-0.39, 0.29) is 0 Å². The minimum atomic E-state index is -1.26. The summed E-state index contributed by atoms with van der Waals surface area (Å²) in [4.78, 5) is 26.8. The summed E-state index contributed by atoms with van der Waals surface area (Å²) in [5, 5.41) is 19.9. The van der Waals surface area contributed by atoms with Gasteiger partial charge in [-0.15, -0.1) is 0 Å². The molecule has 2 aliphatic rings. The Balaban J connectivity index is 0.000000224. The molecule has 0 saturated heterocycles. The van der Waals surface area contributed by atoms with Gasteiger partial charge in [-0.1, -0.05) is 12.8 Å². The molecule has 0 amide bonds. The zero-order valence-electron chi connectivity index (χ0n) is 13.4. The van der Waals surface area contributed by atoms with Crippen molar-refractivity contribution in [3.63, 3.8) is 0 Å². The zero-order chi connectivity index (χ0) is 17.4. The van der Waals surface area contributed by atoms with Crippen molar-refractivity contribution in [2.75, 3.05) is 12.3 Å². The number of carboxylic acid groups (broad SMARTS) is 2. The van der Waals surface area contributed by atoms with Crippen molar-refractivity contribution in [1.29, 1.82) is 0 Å². The van der Waals surface area contributed by atoms with Crippen LogP contribution in [0.4, 0.5) is 0 Å². The van der Waals surface area contributed by atoms with E-state index in [9.17, 15) is 9.59 Å². The summed E-state index contributed by atoms with van der Waals surface area (Å²) in [5.74, 6) is -1.29. The fourth-order valence-corrected chi connectivity index (χ4v) is 4.07. The van der Waals surface area contributed by atoms with Gasteiger partial charge in [-0.3, -0.25) is 0 Å². The molecule has 2 heterocycles. The summed E-state index contributed by atoms with van der Waals surface area (Å²) in [5.41, 5.74) is 2.65. The van der Waals surface area contributed by atoms with Crippen LogP contribution >= 0.6 is 11.8 Å². The van der Waals surface area contributed by atoms with Crippen molar-refractivity contribution >= 4 is 23.7 Å². The summed E-state index contributed by atoms with van der Waals surface area (Å²) in [7, 11) is 0. The highest BCUT2D eigenvalue weighted by atomic mass is 32.2. The molecule has 132 valence electrons. The molecule has 1 fully saturated rings. The van der Waals surface area contributed by atoms with Gasteiger partial charge in [0.05, 0.1) is 17.3 Å². The molecule has 1 aromatic rings. The Bertz CT molecular complexity index is 566. The van der Waals surface area contributed by atoms with Gasteiger partial charge in [0.15, 0.2) is 0 Å². The number of imidazole rings is 1. The standard InChI is InChI=1S/C12H19N3S.C4H4O4/c1-2-4-9(3-1)13-7-11-12-10(5-6-16-11)14-8-15-12;5-3(6)1-2-4(7)8/h8-9,11,13H,1-7H2,(H,14,15);1-2H,(H,5,6)(H,7,8)/b;2-1+. The van der Waals surface area contributed by atoms with Crippen LogP contribution in [0.1, 0.15) is 42.3 Å². The summed E-state index contributed by atoms with van der Waals surface area (Å²) in [6.07, 6.45) is 9.66. The van der Waals surface area contributed by atoms with E-state index in [1.165, 1.54) is 42.8 Å². The molecule has 0 radical (unpaired) electrons. The van der Waals surface area contributed by atoms with Gasteiger partial charge >= 0.3 is 11.9 Å². The molecule has 0 bridgehead atoms. The van der Waals surface area contributed by atoms with Gasteiger partial charge in [0.25, 0.3) is 0 Å². The van der Waals surface area contributed by atoms with Crippen LogP contribution in [0.15, 0.2) is 18.5 Å². The molecule has 1 aromatic heterocycles. The van der Waals surface area contributed by atoms with Crippen LogP contribution in [0.2, 0.25) is 0 Å². The molecule has 1 aliphatic carbocycles. The van der Waals surface area contributed by atoms with Crippen LogP contribution in [0, 0.1) is 0 Å². The Labute approximate surface area is 144 Å². The first-order chi connectivity index (χ1) is 11.6. The molecule has 7 nitrogen and oxygen atoms in total. The third kappa shape index (κ3) is 6.01. The van der Waals surface area contributed by atoms with Crippen LogP contribution in [0.25, 0.3) is 0 Å². The second-order valence-electron chi connectivity index (χ2n) is 5.78. The Morgan fingerprint density at radius 1 is 1.29 bits per heavy atom. The predicted octanol–water partition coefficient (Wildman–Crippen LogP) is 1.98. The number of rotatable bonds is 5. The SMILES string of the molecule is O=C(O)/C=C/C(=O)O.c1nc2c([nH]1)CCSC2CNC1CCCC1. The number of thioether (sulfide) groups is 1. The van der Waals surface area contributed by atoms with E-state index in [1.807, 2.05) is 18.1 Å². The highest BCUT2D eigenvalue weighted by molar-refractivity contribution is 7.99. The molecule has 1 aliphatic heterocycles. The number of aryl methyl sites for hydroxylation is 1. The normalized spacial score (nSPS) is 20.4. The van der Waals surface area contributed by atoms with E-state index < -0.39 is 11.9 Å². The lowest BCUT2D eigenvalue weighted by atomic mass is 10.2. The Kier molecular flexibility index (Phi) is 7.33. The number of aliphatic carboxylic acids is 2. The van der Waals surface area contributed by atoms with Crippen molar-refractivity contribution in [3.05, 3.63) is 29.9 Å². The van der Waals surface area contributed by atoms with Crippen LogP contribution in [-0.4, -0.2) is 50.5 Å². The van der Waals surface area contributed by atoms with E-state index >= 15 is 0 Å². The second kappa shape index (κ2) is 9.48. The molecule has 1 saturated carbocycles. The van der Waals surface area contributed by atoms with Crippen molar-refractivity contribution in [2.45, 2.75) is 43.4 Å². The Morgan fingerprint density at radius 2 is 1.96 bits per heavy atom. The molecule has 0 spiro atoms. The van der Waals surface area contributed by atoms with Gasteiger partial charge in [0, 0.05) is 30.4 Å². The van der Waals surface area contributed by atoms with Gasteiger partial charge in [-0.05, 0) is 25.0 Å². The first-order valence-corrected chi connectivity index (χ1v) is 9.12. The van der Waals surface area contributed by atoms with Crippen LogP contribution in [-0.2, 0) is 16.0 Å². The fraction of sp³-hybridized carbons (Fsp3) is 0.562. The molecule has 1 unspecified atom stereocenters. The maximum atomic E-state index is 9.55. The van der Waals surface area contributed by atoms with Crippen molar-refractivity contribution < 1.29 is 19.8 Å². The molecule has 4 N–H and O–H groups in total. The lowest BCUT2D eigenvalue weighted by Crippen LogP contribution is -2.31. The van der Waals surface area contributed by atoms with Gasteiger partial charge < -0.3 is 20.5 Å². The number of nitrogens with one attached hydrogen (secondary N) is 2.